The third-order valence-electron chi connectivity index (χ3n) is 3.45. The summed E-state index contributed by atoms with van der Waals surface area (Å²) in [6.45, 7) is 0. The average Bonchev–Trinajstić information content (AvgIpc) is 2.80. The lowest BCUT2D eigenvalue weighted by Crippen LogP contribution is -2.35. The van der Waals surface area contributed by atoms with Gasteiger partial charge in [0, 0.05) is 6.04 Å². The standard InChI is InChI=1S/C15H12Cl2N2O/c16-13-6-5-12(14(17)19-13)15(20)18-11-7-9-3-1-2-4-10(9)8-11/h1-6,11H,7-8H2,(H,18,20). The molecule has 102 valence electrons. The van der Waals surface area contributed by atoms with Crippen molar-refractivity contribution < 1.29 is 4.79 Å². The number of halogens is 2. The number of amides is 1. The Balaban J connectivity index is 1.72. The molecule has 0 fully saturated rings. The zero-order chi connectivity index (χ0) is 14.1. The van der Waals surface area contributed by atoms with E-state index in [4.69, 9.17) is 23.2 Å². The van der Waals surface area contributed by atoms with Gasteiger partial charge in [-0.15, -0.1) is 0 Å². The van der Waals surface area contributed by atoms with Gasteiger partial charge in [0.2, 0.25) is 0 Å². The second kappa shape index (κ2) is 5.43. The van der Waals surface area contributed by atoms with Crippen LogP contribution in [0.1, 0.15) is 21.5 Å². The van der Waals surface area contributed by atoms with Gasteiger partial charge >= 0.3 is 0 Å². The lowest BCUT2D eigenvalue weighted by Gasteiger charge is -2.12. The molecule has 1 N–H and O–H groups in total. The minimum absolute atomic E-state index is 0.103. The molecule has 3 nitrogen and oxygen atoms in total. The van der Waals surface area contributed by atoms with Crippen molar-refractivity contribution in [3.05, 3.63) is 63.4 Å². The molecule has 1 aromatic carbocycles. The number of fused-ring (bicyclic) bond motifs is 1. The number of hydrogen-bond acceptors (Lipinski definition) is 2. The molecule has 0 spiro atoms. The number of carbonyl (C=O) groups excluding carboxylic acids is 1. The Labute approximate surface area is 126 Å². The van der Waals surface area contributed by atoms with Gasteiger partial charge < -0.3 is 5.32 Å². The highest BCUT2D eigenvalue weighted by atomic mass is 35.5. The van der Waals surface area contributed by atoms with Crippen LogP contribution in [-0.4, -0.2) is 16.9 Å². The highest BCUT2D eigenvalue weighted by Crippen LogP contribution is 2.23. The van der Waals surface area contributed by atoms with Crippen molar-refractivity contribution in [2.75, 3.05) is 0 Å². The SMILES string of the molecule is O=C(NC1Cc2ccccc2C1)c1ccc(Cl)nc1Cl. The summed E-state index contributed by atoms with van der Waals surface area (Å²) in [6, 6.07) is 11.5. The first kappa shape index (κ1) is 13.4. The van der Waals surface area contributed by atoms with E-state index in [1.54, 1.807) is 12.1 Å². The maximum atomic E-state index is 12.2. The van der Waals surface area contributed by atoms with Gasteiger partial charge in [-0.05, 0) is 36.1 Å². The lowest BCUT2D eigenvalue weighted by molar-refractivity contribution is 0.0938. The fraction of sp³-hybridized carbons (Fsp3) is 0.200. The quantitative estimate of drug-likeness (QED) is 0.865. The van der Waals surface area contributed by atoms with Gasteiger partial charge in [0.25, 0.3) is 5.91 Å². The molecule has 0 aliphatic heterocycles. The van der Waals surface area contributed by atoms with E-state index < -0.39 is 0 Å². The second-order valence-electron chi connectivity index (χ2n) is 4.82. The summed E-state index contributed by atoms with van der Waals surface area (Å²) < 4.78 is 0. The van der Waals surface area contributed by atoms with E-state index in [2.05, 4.69) is 22.4 Å². The lowest BCUT2D eigenvalue weighted by atomic mass is 10.1. The number of benzene rings is 1. The number of nitrogens with one attached hydrogen (secondary N) is 1. The molecular weight excluding hydrogens is 295 g/mol. The minimum Gasteiger partial charge on any atom is -0.349 e. The predicted molar refractivity (Wildman–Crippen MR) is 79.4 cm³/mol. The first-order chi connectivity index (χ1) is 9.63. The van der Waals surface area contributed by atoms with E-state index in [0.29, 0.717) is 5.56 Å². The molecule has 0 atom stereocenters. The van der Waals surface area contributed by atoms with Crippen LogP contribution in [0.15, 0.2) is 36.4 Å². The molecule has 0 bridgehead atoms. The summed E-state index contributed by atoms with van der Waals surface area (Å²) in [6.07, 6.45) is 1.70. The number of pyridine rings is 1. The van der Waals surface area contributed by atoms with Crippen LogP contribution in [0, 0.1) is 0 Å². The smallest absolute Gasteiger partial charge is 0.254 e. The summed E-state index contributed by atoms with van der Waals surface area (Å²) in [5, 5.41) is 3.40. The van der Waals surface area contributed by atoms with Crippen LogP contribution in [0.3, 0.4) is 0 Å². The Morgan fingerprint density at radius 3 is 2.35 bits per heavy atom. The summed E-state index contributed by atoms with van der Waals surface area (Å²) in [7, 11) is 0. The molecule has 2 aromatic rings. The highest BCUT2D eigenvalue weighted by Gasteiger charge is 2.23. The maximum absolute atomic E-state index is 12.2. The maximum Gasteiger partial charge on any atom is 0.254 e. The number of nitrogens with zero attached hydrogens (tertiary/aromatic N) is 1. The van der Waals surface area contributed by atoms with Crippen LogP contribution in [-0.2, 0) is 12.8 Å². The largest absolute Gasteiger partial charge is 0.349 e. The third kappa shape index (κ3) is 2.65. The van der Waals surface area contributed by atoms with E-state index in [1.807, 2.05) is 12.1 Å². The van der Waals surface area contributed by atoms with Gasteiger partial charge in [-0.3, -0.25) is 4.79 Å². The molecule has 1 aliphatic carbocycles. The Morgan fingerprint density at radius 1 is 1.10 bits per heavy atom. The average molecular weight is 307 g/mol. The van der Waals surface area contributed by atoms with E-state index in [-0.39, 0.29) is 22.3 Å². The van der Waals surface area contributed by atoms with Gasteiger partial charge in [-0.25, -0.2) is 4.98 Å². The molecule has 20 heavy (non-hydrogen) atoms. The van der Waals surface area contributed by atoms with E-state index in [9.17, 15) is 4.79 Å². The van der Waals surface area contributed by atoms with Crippen molar-refractivity contribution in [1.82, 2.24) is 10.3 Å². The van der Waals surface area contributed by atoms with Crippen molar-refractivity contribution in [2.24, 2.45) is 0 Å². The molecule has 0 saturated carbocycles. The van der Waals surface area contributed by atoms with Crippen molar-refractivity contribution in [3.8, 4) is 0 Å². The van der Waals surface area contributed by atoms with E-state index >= 15 is 0 Å². The molecule has 0 unspecified atom stereocenters. The van der Waals surface area contributed by atoms with Gasteiger partial charge in [0.05, 0.1) is 5.56 Å². The summed E-state index contributed by atoms with van der Waals surface area (Å²) in [5.41, 5.74) is 2.93. The first-order valence-electron chi connectivity index (χ1n) is 6.33. The topological polar surface area (TPSA) is 42.0 Å². The molecule has 1 aromatic heterocycles. The Hall–Kier alpha value is -1.58. The second-order valence-corrected chi connectivity index (χ2v) is 5.56. The molecule has 3 rings (SSSR count). The van der Waals surface area contributed by atoms with Crippen molar-refractivity contribution in [1.29, 1.82) is 0 Å². The molecule has 0 radical (unpaired) electrons. The van der Waals surface area contributed by atoms with Crippen molar-refractivity contribution in [3.63, 3.8) is 0 Å². The van der Waals surface area contributed by atoms with Crippen LogP contribution in [0.2, 0.25) is 10.3 Å². The summed E-state index contributed by atoms with van der Waals surface area (Å²) in [4.78, 5) is 16.1. The van der Waals surface area contributed by atoms with Crippen LogP contribution < -0.4 is 5.32 Å². The Bertz CT molecular complexity index is 648. The highest BCUT2D eigenvalue weighted by molar-refractivity contribution is 6.34. The molecule has 1 aliphatic rings. The van der Waals surface area contributed by atoms with Gasteiger partial charge in [0.15, 0.2) is 0 Å². The summed E-state index contributed by atoms with van der Waals surface area (Å²) in [5.74, 6) is -0.211. The predicted octanol–water partition coefficient (Wildman–Crippen LogP) is 3.29. The Morgan fingerprint density at radius 2 is 1.75 bits per heavy atom. The van der Waals surface area contributed by atoms with Crippen LogP contribution in [0.25, 0.3) is 0 Å². The molecule has 0 saturated heterocycles. The van der Waals surface area contributed by atoms with E-state index in [1.165, 1.54) is 11.1 Å². The number of hydrogen-bond donors (Lipinski definition) is 1. The third-order valence-corrected chi connectivity index (χ3v) is 3.94. The van der Waals surface area contributed by atoms with Crippen molar-refractivity contribution >= 4 is 29.1 Å². The van der Waals surface area contributed by atoms with Gasteiger partial charge in [-0.2, -0.15) is 0 Å². The van der Waals surface area contributed by atoms with Crippen LogP contribution in [0.5, 0.6) is 0 Å². The molecular formula is C15H12Cl2N2O. The number of aromatic nitrogens is 1. The van der Waals surface area contributed by atoms with Crippen LogP contribution in [0.4, 0.5) is 0 Å². The molecule has 5 heteroatoms. The first-order valence-corrected chi connectivity index (χ1v) is 7.09. The fourth-order valence-electron chi connectivity index (χ4n) is 2.51. The zero-order valence-corrected chi connectivity index (χ0v) is 12.1. The van der Waals surface area contributed by atoms with E-state index in [0.717, 1.165) is 12.8 Å². The number of carbonyl (C=O) groups is 1. The van der Waals surface area contributed by atoms with Crippen molar-refractivity contribution in [2.45, 2.75) is 18.9 Å². The summed E-state index contributed by atoms with van der Waals surface area (Å²) >= 11 is 11.7. The Kier molecular flexibility index (Phi) is 3.64. The zero-order valence-electron chi connectivity index (χ0n) is 10.6. The minimum atomic E-state index is -0.211. The van der Waals surface area contributed by atoms with Gasteiger partial charge in [0.1, 0.15) is 10.3 Å². The van der Waals surface area contributed by atoms with Crippen LogP contribution >= 0.6 is 23.2 Å². The fourth-order valence-corrected chi connectivity index (χ4v) is 2.94. The monoisotopic (exact) mass is 306 g/mol. The normalized spacial score (nSPS) is 14.1. The molecule has 1 heterocycles. The van der Waals surface area contributed by atoms with Gasteiger partial charge in [-0.1, -0.05) is 47.5 Å². The number of rotatable bonds is 2. The molecule has 1 amide bonds.